The maximum atomic E-state index is 12.5. The average Bonchev–Trinajstić information content (AvgIpc) is 3.31. The summed E-state index contributed by atoms with van der Waals surface area (Å²) in [4.78, 5) is 16.7. The number of benzene rings is 1. The lowest BCUT2D eigenvalue weighted by Gasteiger charge is -2.09. The van der Waals surface area contributed by atoms with Crippen LogP contribution < -0.4 is 5.32 Å². The number of fused-ring (bicyclic) bond motifs is 1. The van der Waals surface area contributed by atoms with Gasteiger partial charge in [0.05, 0.1) is 17.0 Å². The van der Waals surface area contributed by atoms with E-state index in [1.807, 2.05) is 65.7 Å². The van der Waals surface area contributed by atoms with Gasteiger partial charge in [-0.1, -0.05) is 23.9 Å². The molecule has 0 aliphatic heterocycles. The number of carbonyl (C=O) groups excluding carboxylic acids is 1. The minimum Gasteiger partial charge on any atom is -0.349 e. The van der Waals surface area contributed by atoms with Gasteiger partial charge in [0.2, 0.25) is 5.91 Å². The third kappa shape index (κ3) is 3.50. The Morgan fingerprint density at radius 3 is 2.86 bits per heavy atom. The van der Waals surface area contributed by atoms with Crippen LogP contribution in [0.15, 0.2) is 60.1 Å². The fourth-order valence-electron chi connectivity index (χ4n) is 3.16. The molecule has 8 heteroatoms. The highest BCUT2D eigenvalue weighted by Gasteiger charge is 2.15. The van der Waals surface area contributed by atoms with Gasteiger partial charge in [-0.25, -0.2) is 0 Å². The number of nitrogens with one attached hydrogen (secondary N) is 1. The van der Waals surface area contributed by atoms with Gasteiger partial charge in [0.1, 0.15) is 0 Å². The Hall–Kier alpha value is -3.13. The zero-order valence-electron chi connectivity index (χ0n) is 15.7. The summed E-state index contributed by atoms with van der Waals surface area (Å²) in [7, 11) is 1.97. The van der Waals surface area contributed by atoms with Crippen LogP contribution in [0.3, 0.4) is 0 Å². The smallest absolute Gasteiger partial charge is 0.234 e. The summed E-state index contributed by atoms with van der Waals surface area (Å²) in [6, 6.07) is 11.7. The van der Waals surface area contributed by atoms with Gasteiger partial charge in [0, 0.05) is 43.1 Å². The first kappa shape index (κ1) is 18.2. The lowest BCUT2D eigenvalue weighted by Crippen LogP contribution is -2.15. The van der Waals surface area contributed by atoms with E-state index in [0.29, 0.717) is 11.7 Å². The van der Waals surface area contributed by atoms with Crippen LogP contribution >= 0.6 is 11.8 Å². The lowest BCUT2D eigenvalue weighted by molar-refractivity contribution is -0.113. The summed E-state index contributed by atoms with van der Waals surface area (Å²) in [5.41, 5.74) is 2.73. The maximum Gasteiger partial charge on any atom is 0.234 e. The Morgan fingerprint density at radius 1 is 1.18 bits per heavy atom. The number of amides is 1. The molecule has 0 spiro atoms. The number of aryl methyl sites for hydroxylation is 1. The van der Waals surface area contributed by atoms with E-state index in [9.17, 15) is 4.79 Å². The van der Waals surface area contributed by atoms with Gasteiger partial charge in [0.15, 0.2) is 11.0 Å². The standard InChI is InChI=1S/C20H20N6OS/c1-3-26-19(15-7-5-10-21-12-15)23-24-20(26)28-13-17(27)22-16-8-4-6-14-9-11-25(2)18(14)16/h4-12H,3,13H2,1-2H3,(H,22,27). The number of rotatable bonds is 6. The van der Waals surface area contributed by atoms with E-state index in [1.165, 1.54) is 11.8 Å². The van der Waals surface area contributed by atoms with Crippen LogP contribution in [0.25, 0.3) is 22.3 Å². The largest absolute Gasteiger partial charge is 0.349 e. The fraction of sp³-hybridized carbons (Fsp3) is 0.200. The number of aromatic nitrogens is 5. The summed E-state index contributed by atoms with van der Waals surface area (Å²) in [6.45, 7) is 2.74. The van der Waals surface area contributed by atoms with Crippen LogP contribution in [-0.4, -0.2) is 36.0 Å². The van der Waals surface area contributed by atoms with Crippen molar-refractivity contribution in [1.82, 2.24) is 24.3 Å². The number of anilines is 1. The van der Waals surface area contributed by atoms with Crippen molar-refractivity contribution in [3.63, 3.8) is 0 Å². The Morgan fingerprint density at radius 2 is 2.07 bits per heavy atom. The number of pyridine rings is 1. The van der Waals surface area contributed by atoms with Crippen LogP contribution in [-0.2, 0) is 18.4 Å². The van der Waals surface area contributed by atoms with E-state index >= 15 is 0 Å². The SMILES string of the molecule is CCn1c(SCC(=O)Nc2cccc3ccn(C)c23)nnc1-c1cccnc1. The van der Waals surface area contributed by atoms with Crippen molar-refractivity contribution >= 4 is 34.3 Å². The summed E-state index contributed by atoms with van der Waals surface area (Å²) in [5, 5.41) is 13.4. The lowest BCUT2D eigenvalue weighted by atomic mass is 10.2. The van der Waals surface area contributed by atoms with Crippen LogP contribution in [0.4, 0.5) is 5.69 Å². The second kappa shape index (κ2) is 7.85. The zero-order valence-corrected chi connectivity index (χ0v) is 16.5. The van der Waals surface area contributed by atoms with E-state index in [1.54, 1.807) is 12.4 Å². The van der Waals surface area contributed by atoms with Crippen LogP contribution in [0.2, 0.25) is 0 Å². The van der Waals surface area contributed by atoms with E-state index < -0.39 is 0 Å². The van der Waals surface area contributed by atoms with E-state index in [0.717, 1.165) is 28.0 Å². The molecular weight excluding hydrogens is 372 g/mol. The molecule has 0 atom stereocenters. The first-order valence-electron chi connectivity index (χ1n) is 8.97. The second-order valence-corrected chi connectivity index (χ2v) is 7.24. The number of hydrogen-bond acceptors (Lipinski definition) is 5. The Labute approximate surface area is 166 Å². The minimum atomic E-state index is -0.0766. The van der Waals surface area contributed by atoms with Crippen molar-refractivity contribution in [2.75, 3.05) is 11.1 Å². The monoisotopic (exact) mass is 392 g/mol. The molecule has 0 fully saturated rings. The van der Waals surface area contributed by atoms with Gasteiger partial charge in [-0.3, -0.25) is 9.78 Å². The number of carbonyl (C=O) groups is 1. The van der Waals surface area contributed by atoms with Gasteiger partial charge in [0.25, 0.3) is 0 Å². The molecule has 0 unspecified atom stereocenters. The molecule has 7 nitrogen and oxygen atoms in total. The predicted octanol–water partition coefficient (Wildman–Crippen LogP) is 3.58. The van der Waals surface area contributed by atoms with Gasteiger partial charge in [-0.15, -0.1) is 10.2 Å². The van der Waals surface area contributed by atoms with Gasteiger partial charge < -0.3 is 14.5 Å². The number of para-hydroxylation sites is 1. The van der Waals surface area contributed by atoms with Gasteiger partial charge >= 0.3 is 0 Å². The molecule has 4 aromatic rings. The summed E-state index contributed by atoms with van der Waals surface area (Å²) in [5.74, 6) is 0.936. The molecule has 142 valence electrons. The predicted molar refractivity (Wildman–Crippen MR) is 111 cm³/mol. The molecule has 0 aliphatic carbocycles. The summed E-state index contributed by atoms with van der Waals surface area (Å²) >= 11 is 1.38. The van der Waals surface area contributed by atoms with E-state index in [-0.39, 0.29) is 11.7 Å². The maximum absolute atomic E-state index is 12.5. The quantitative estimate of drug-likeness (QED) is 0.508. The Balaban J connectivity index is 1.48. The van der Waals surface area contributed by atoms with Crippen LogP contribution in [0.5, 0.6) is 0 Å². The van der Waals surface area contributed by atoms with Gasteiger partial charge in [-0.05, 0) is 31.2 Å². The molecule has 0 saturated heterocycles. The van der Waals surface area contributed by atoms with Crippen LogP contribution in [0, 0.1) is 0 Å². The zero-order chi connectivity index (χ0) is 19.5. The summed E-state index contributed by atoms with van der Waals surface area (Å²) in [6.07, 6.45) is 5.47. The third-order valence-electron chi connectivity index (χ3n) is 4.46. The van der Waals surface area contributed by atoms with Crippen molar-refractivity contribution in [2.45, 2.75) is 18.6 Å². The number of thioether (sulfide) groups is 1. The van der Waals surface area contributed by atoms with Crippen molar-refractivity contribution in [1.29, 1.82) is 0 Å². The normalized spacial score (nSPS) is 11.1. The highest BCUT2D eigenvalue weighted by atomic mass is 32.2. The molecule has 3 aromatic heterocycles. The molecule has 1 amide bonds. The van der Waals surface area contributed by atoms with Crippen LogP contribution in [0.1, 0.15) is 6.92 Å². The van der Waals surface area contributed by atoms with Crippen molar-refractivity contribution in [3.05, 3.63) is 55.0 Å². The second-order valence-electron chi connectivity index (χ2n) is 6.30. The molecule has 1 aromatic carbocycles. The first-order valence-corrected chi connectivity index (χ1v) is 9.96. The van der Waals surface area contributed by atoms with Crippen molar-refractivity contribution in [2.24, 2.45) is 7.05 Å². The topological polar surface area (TPSA) is 77.6 Å². The van der Waals surface area contributed by atoms with Gasteiger partial charge in [-0.2, -0.15) is 0 Å². The molecule has 0 saturated carbocycles. The summed E-state index contributed by atoms with van der Waals surface area (Å²) < 4.78 is 4.00. The average molecular weight is 392 g/mol. The number of hydrogen-bond donors (Lipinski definition) is 1. The Bertz CT molecular complexity index is 1120. The molecule has 4 rings (SSSR count). The molecule has 0 bridgehead atoms. The minimum absolute atomic E-state index is 0.0766. The highest BCUT2D eigenvalue weighted by Crippen LogP contribution is 2.26. The molecule has 28 heavy (non-hydrogen) atoms. The molecule has 3 heterocycles. The number of nitrogens with zero attached hydrogens (tertiary/aromatic N) is 5. The highest BCUT2D eigenvalue weighted by molar-refractivity contribution is 7.99. The third-order valence-corrected chi connectivity index (χ3v) is 5.42. The van der Waals surface area contributed by atoms with Crippen molar-refractivity contribution < 1.29 is 4.79 Å². The van der Waals surface area contributed by atoms with E-state index in [4.69, 9.17) is 0 Å². The van der Waals surface area contributed by atoms with Crippen molar-refractivity contribution in [3.8, 4) is 11.4 Å². The molecule has 0 aliphatic rings. The molecule has 0 radical (unpaired) electrons. The first-order chi connectivity index (χ1) is 13.7. The Kier molecular flexibility index (Phi) is 5.12. The molecule has 1 N–H and O–H groups in total. The fourth-order valence-corrected chi connectivity index (χ4v) is 3.96. The van der Waals surface area contributed by atoms with E-state index in [2.05, 4.69) is 20.5 Å². The molecular formula is C20H20N6OS.